The number of ketones is 2. The van der Waals surface area contributed by atoms with Gasteiger partial charge in [0.25, 0.3) is 0 Å². The Kier molecular flexibility index (Phi) is 5.69. The topological polar surface area (TPSA) is 34.1 Å². The van der Waals surface area contributed by atoms with Gasteiger partial charge in [-0.05, 0) is 23.3 Å². The monoisotopic (exact) mass is 338 g/mol. The Balaban J connectivity index is 1.63. The van der Waals surface area contributed by atoms with E-state index in [1.807, 2.05) is 60.7 Å². The molecular weight excluding hydrogens is 320 g/mol. The van der Waals surface area contributed by atoms with E-state index in [1.165, 1.54) is 0 Å². The van der Waals surface area contributed by atoms with Crippen LogP contribution in [0.15, 0.2) is 97.1 Å². The maximum atomic E-state index is 12.1. The normalized spacial score (nSPS) is 11.1. The van der Waals surface area contributed by atoms with Gasteiger partial charge in [0, 0.05) is 11.1 Å². The van der Waals surface area contributed by atoms with Crippen LogP contribution in [-0.2, 0) is 0 Å². The third kappa shape index (κ3) is 4.74. The fraction of sp³-hybridized carbons (Fsp3) is 0. The van der Waals surface area contributed by atoms with Gasteiger partial charge in [0.15, 0.2) is 11.6 Å². The average Bonchev–Trinajstić information content (AvgIpc) is 2.72. The Morgan fingerprint density at radius 2 is 0.846 bits per heavy atom. The van der Waals surface area contributed by atoms with Crippen LogP contribution in [0.4, 0.5) is 0 Å². The zero-order valence-electron chi connectivity index (χ0n) is 14.2. The zero-order chi connectivity index (χ0) is 18.2. The Morgan fingerprint density at radius 3 is 1.19 bits per heavy atom. The first kappa shape index (κ1) is 17.3. The quantitative estimate of drug-likeness (QED) is 0.440. The van der Waals surface area contributed by atoms with E-state index in [1.54, 1.807) is 48.6 Å². The van der Waals surface area contributed by atoms with Gasteiger partial charge in [0.05, 0.1) is 0 Å². The molecule has 0 atom stereocenters. The smallest absolute Gasteiger partial charge is 0.185 e. The van der Waals surface area contributed by atoms with Crippen LogP contribution in [0.2, 0.25) is 0 Å². The zero-order valence-corrected chi connectivity index (χ0v) is 14.2. The number of benzene rings is 3. The number of hydrogen-bond acceptors (Lipinski definition) is 2. The fourth-order valence-corrected chi connectivity index (χ4v) is 2.46. The Hall–Kier alpha value is -3.52. The Morgan fingerprint density at radius 1 is 0.500 bits per heavy atom. The lowest BCUT2D eigenvalue weighted by Gasteiger charge is -1.98. The lowest BCUT2D eigenvalue weighted by atomic mass is 10.1. The molecule has 0 aliphatic carbocycles. The maximum absolute atomic E-state index is 12.1. The molecule has 3 aromatic rings. The summed E-state index contributed by atoms with van der Waals surface area (Å²) in [5.41, 5.74) is 3.20. The molecule has 126 valence electrons. The molecule has 0 heterocycles. The first-order valence-electron chi connectivity index (χ1n) is 8.37. The number of hydrogen-bond donors (Lipinski definition) is 0. The summed E-state index contributed by atoms with van der Waals surface area (Å²) >= 11 is 0. The summed E-state index contributed by atoms with van der Waals surface area (Å²) in [5.74, 6) is -0.0499. The summed E-state index contributed by atoms with van der Waals surface area (Å²) < 4.78 is 0. The number of carbonyl (C=O) groups excluding carboxylic acids is 2. The van der Waals surface area contributed by atoms with E-state index in [0.29, 0.717) is 11.1 Å². The van der Waals surface area contributed by atoms with Crippen molar-refractivity contribution < 1.29 is 9.59 Å². The summed E-state index contributed by atoms with van der Waals surface area (Å²) in [6.45, 7) is 0. The van der Waals surface area contributed by atoms with E-state index in [4.69, 9.17) is 0 Å². The molecule has 0 aliphatic heterocycles. The van der Waals surface area contributed by atoms with Gasteiger partial charge in [-0.3, -0.25) is 9.59 Å². The fourth-order valence-electron chi connectivity index (χ4n) is 2.46. The standard InChI is InChI=1S/C24H18O2/c25-23(21-7-3-1-4-8-21)17-15-19-11-13-20(14-12-19)16-18-24(26)22-9-5-2-6-10-22/h1-18H/b17-15-,18-16-. The van der Waals surface area contributed by atoms with Crippen molar-refractivity contribution in [3.05, 3.63) is 119 Å². The molecule has 0 unspecified atom stereocenters. The minimum atomic E-state index is -0.0250. The van der Waals surface area contributed by atoms with Gasteiger partial charge in [0.2, 0.25) is 0 Å². The summed E-state index contributed by atoms with van der Waals surface area (Å²) in [4.78, 5) is 24.1. The predicted octanol–water partition coefficient (Wildman–Crippen LogP) is 5.48. The van der Waals surface area contributed by atoms with Gasteiger partial charge < -0.3 is 0 Å². The molecule has 2 heteroatoms. The lowest BCUT2D eigenvalue weighted by Crippen LogP contribution is -1.93. The average molecular weight is 338 g/mol. The molecule has 0 aromatic heterocycles. The van der Waals surface area contributed by atoms with Crippen LogP contribution >= 0.6 is 0 Å². The van der Waals surface area contributed by atoms with Crippen molar-refractivity contribution >= 4 is 23.7 Å². The number of allylic oxidation sites excluding steroid dienone is 2. The first-order valence-corrected chi connectivity index (χ1v) is 8.37. The van der Waals surface area contributed by atoms with Crippen molar-refractivity contribution in [1.82, 2.24) is 0 Å². The second-order valence-electron chi connectivity index (χ2n) is 5.79. The van der Waals surface area contributed by atoms with Gasteiger partial charge in [-0.25, -0.2) is 0 Å². The highest BCUT2D eigenvalue weighted by molar-refractivity contribution is 6.07. The van der Waals surface area contributed by atoms with Gasteiger partial charge in [-0.1, -0.05) is 97.1 Å². The molecule has 0 radical (unpaired) electrons. The van der Waals surface area contributed by atoms with E-state index in [-0.39, 0.29) is 11.6 Å². The molecule has 0 saturated carbocycles. The van der Waals surface area contributed by atoms with Crippen molar-refractivity contribution in [2.24, 2.45) is 0 Å². The molecule has 26 heavy (non-hydrogen) atoms. The van der Waals surface area contributed by atoms with Crippen LogP contribution in [0.25, 0.3) is 12.2 Å². The van der Waals surface area contributed by atoms with Crippen LogP contribution in [0.5, 0.6) is 0 Å². The minimum absolute atomic E-state index is 0.0250. The number of rotatable bonds is 6. The summed E-state index contributed by atoms with van der Waals surface area (Å²) in [6.07, 6.45) is 6.72. The molecule has 0 fully saturated rings. The molecular formula is C24H18O2. The first-order chi connectivity index (χ1) is 12.7. The Labute approximate surface area is 153 Å². The third-order valence-corrected chi connectivity index (χ3v) is 3.91. The highest BCUT2D eigenvalue weighted by Crippen LogP contribution is 2.10. The lowest BCUT2D eigenvalue weighted by molar-refractivity contribution is 0.103. The summed E-state index contributed by atoms with van der Waals surface area (Å²) in [7, 11) is 0. The van der Waals surface area contributed by atoms with Gasteiger partial charge >= 0.3 is 0 Å². The highest BCUT2D eigenvalue weighted by Gasteiger charge is 2.00. The van der Waals surface area contributed by atoms with Crippen LogP contribution in [0.3, 0.4) is 0 Å². The molecule has 0 saturated heterocycles. The predicted molar refractivity (Wildman–Crippen MR) is 106 cm³/mol. The highest BCUT2D eigenvalue weighted by atomic mass is 16.1. The van der Waals surface area contributed by atoms with Crippen LogP contribution < -0.4 is 0 Å². The third-order valence-electron chi connectivity index (χ3n) is 3.91. The minimum Gasteiger partial charge on any atom is -0.289 e. The molecule has 3 aromatic carbocycles. The van der Waals surface area contributed by atoms with Crippen molar-refractivity contribution in [3.63, 3.8) is 0 Å². The van der Waals surface area contributed by atoms with Crippen LogP contribution in [-0.4, -0.2) is 11.6 Å². The van der Waals surface area contributed by atoms with Crippen molar-refractivity contribution in [1.29, 1.82) is 0 Å². The van der Waals surface area contributed by atoms with Crippen LogP contribution in [0.1, 0.15) is 31.8 Å². The second-order valence-corrected chi connectivity index (χ2v) is 5.79. The maximum Gasteiger partial charge on any atom is 0.185 e. The SMILES string of the molecule is O=C(/C=C\c1ccc(/C=C\C(=O)c2ccccc2)cc1)c1ccccc1. The summed E-state index contributed by atoms with van der Waals surface area (Å²) in [6, 6.07) is 26.0. The second kappa shape index (κ2) is 8.54. The molecule has 0 aliphatic rings. The molecule has 0 bridgehead atoms. The van der Waals surface area contributed by atoms with E-state index in [9.17, 15) is 9.59 Å². The van der Waals surface area contributed by atoms with Gasteiger partial charge in [-0.15, -0.1) is 0 Å². The largest absolute Gasteiger partial charge is 0.289 e. The van der Waals surface area contributed by atoms with Crippen molar-refractivity contribution in [3.8, 4) is 0 Å². The van der Waals surface area contributed by atoms with E-state index in [2.05, 4.69) is 0 Å². The van der Waals surface area contributed by atoms with E-state index in [0.717, 1.165) is 11.1 Å². The molecule has 0 N–H and O–H groups in total. The van der Waals surface area contributed by atoms with Gasteiger partial charge in [0.1, 0.15) is 0 Å². The molecule has 0 amide bonds. The van der Waals surface area contributed by atoms with E-state index >= 15 is 0 Å². The molecule has 3 rings (SSSR count). The number of carbonyl (C=O) groups is 2. The van der Waals surface area contributed by atoms with Crippen molar-refractivity contribution in [2.75, 3.05) is 0 Å². The molecule has 0 spiro atoms. The molecule has 2 nitrogen and oxygen atoms in total. The van der Waals surface area contributed by atoms with E-state index < -0.39 is 0 Å². The Bertz CT molecular complexity index is 854. The van der Waals surface area contributed by atoms with Crippen molar-refractivity contribution in [2.45, 2.75) is 0 Å². The van der Waals surface area contributed by atoms with Crippen LogP contribution in [0, 0.1) is 0 Å². The summed E-state index contributed by atoms with van der Waals surface area (Å²) in [5, 5.41) is 0. The van der Waals surface area contributed by atoms with Gasteiger partial charge in [-0.2, -0.15) is 0 Å².